The van der Waals surface area contributed by atoms with Crippen LogP contribution in [-0.4, -0.2) is 13.7 Å². The largest absolute Gasteiger partial charge is 0.497 e. The van der Waals surface area contributed by atoms with Gasteiger partial charge in [0.25, 0.3) is 0 Å². The number of rotatable bonds is 10. The van der Waals surface area contributed by atoms with Crippen molar-refractivity contribution in [1.82, 2.24) is 5.32 Å². The number of hydrogen-bond acceptors (Lipinski definition) is 4. The van der Waals surface area contributed by atoms with Gasteiger partial charge < -0.3 is 19.5 Å². The van der Waals surface area contributed by atoms with Crippen molar-refractivity contribution in [3.8, 4) is 17.2 Å². The highest BCUT2D eigenvalue weighted by atomic mass is 35.5. The Morgan fingerprint density at radius 2 is 1.63 bits per heavy atom. The molecule has 3 aromatic rings. The second kappa shape index (κ2) is 10.9. The highest BCUT2D eigenvalue weighted by molar-refractivity contribution is 6.32. The van der Waals surface area contributed by atoms with Crippen LogP contribution in [0.1, 0.15) is 29.2 Å². The Labute approximate surface area is 183 Å². The molecule has 3 rings (SSSR count). The van der Waals surface area contributed by atoms with Crippen LogP contribution < -0.4 is 19.5 Å². The van der Waals surface area contributed by atoms with E-state index in [2.05, 4.69) is 24.4 Å². The van der Waals surface area contributed by atoms with E-state index < -0.39 is 0 Å². The van der Waals surface area contributed by atoms with E-state index in [0.29, 0.717) is 36.3 Å². The summed E-state index contributed by atoms with van der Waals surface area (Å²) in [5.74, 6) is 2.11. The molecule has 0 unspecified atom stereocenters. The van der Waals surface area contributed by atoms with E-state index in [1.807, 2.05) is 55.5 Å². The Balaban J connectivity index is 1.66. The Hall–Kier alpha value is -2.69. The average Bonchev–Trinajstić information content (AvgIpc) is 2.75. The summed E-state index contributed by atoms with van der Waals surface area (Å²) in [6, 6.07) is 20.1. The number of halogens is 1. The van der Waals surface area contributed by atoms with Gasteiger partial charge in [-0.1, -0.05) is 48.0 Å². The van der Waals surface area contributed by atoms with Crippen molar-refractivity contribution in [2.24, 2.45) is 0 Å². The molecule has 1 N–H and O–H groups in total. The lowest BCUT2D eigenvalue weighted by molar-refractivity contribution is 0.268. The SMILES string of the molecule is CCOc1cc(CNCc2ccc(OC)cc2)cc(Cl)c1OCc1ccccc1C. The van der Waals surface area contributed by atoms with Gasteiger partial charge in [-0.05, 0) is 60.4 Å². The minimum absolute atomic E-state index is 0.446. The first-order valence-corrected chi connectivity index (χ1v) is 10.4. The van der Waals surface area contributed by atoms with E-state index in [4.69, 9.17) is 25.8 Å². The van der Waals surface area contributed by atoms with Gasteiger partial charge in [-0.3, -0.25) is 0 Å². The molecule has 0 bridgehead atoms. The third-order valence-corrected chi connectivity index (χ3v) is 5.10. The van der Waals surface area contributed by atoms with Gasteiger partial charge in [-0.2, -0.15) is 0 Å². The van der Waals surface area contributed by atoms with Crippen LogP contribution in [0.2, 0.25) is 5.02 Å². The molecule has 0 saturated heterocycles. The zero-order valence-electron chi connectivity index (χ0n) is 17.7. The minimum Gasteiger partial charge on any atom is -0.497 e. The lowest BCUT2D eigenvalue weighted by Crippen LogP contribution is -2.13. The van der Waals surface area contributed by atoms with Crippen LogP contribution in [0.5, 0.6) is 17.2 Å². The Morgan fingerprint density at radius 3 is 2.33 bits per heavy atom. The third-order valence-electron chi connectivity index (χ3n) is 4.82. The average molecular weight is 426 g/mol. The van der Waals surface area contributed by atoms with Crippen LogP contribution in [0.15, 0.2) is 60.7 Å². The maximum Gasteiger partial charge on any atom is 0.180 e. The summed E-state index contributed by atoms with van der Waals surface area (Å²) in [6.07, 6.45) is 0. The zero-order valence-corrected chi connectivity index (χ0v) is 18.5. The summed E-state index contributed by atoms with van der Waals surface area (Å²) < 4.78 is 17.1. The van der Waals surface area contributed by atoms with E-state index in [0.717, 1.165) is 23.4 Å². The van der Waals surface area contributed by atoms with Crippen molar-refractivity contribution < 1.29 is 14.2 Å². The number of methoxy groups -OCH3 is 1. The van der Waals surface area contributed by atoms with Gasteiger partial charge in [0, 0.05) is 13.1 Å². The topological polar surface area (TPSA) is 39.7 Å². The Bertz CT molecular complexity index is 957. The smallest absolute Gasteiger partial charge is 0.180 e. The second-order valence-electron chi connectivity index (χ2n) is 7.00. The lowest BCUT2D eigenvalue weighted by Gasteiger charge is -2.16. The fourth-order valence-corrected chi connectivity index (χ4v) is 3.43. The van der Waals surface area contributed by atoms with Gasteiger partial charge in [0.1, 0.15) is 12.4 Å². The molecule has 0 aliphatic rings. The number of nitrogens with one attached hydrogen (secondary N) is 1. The molecule has 0 aromatic heterocycles. The summed E-state index contributed by atoms with van der Waals surface area (Å²) in [4.78, 5) is 0. The molecule has 3 aromatic carbocycles. The van der Waals surface area contributed by atoms with Crippen LogP contribution in [0.3, 0.4) is 0 Å². The molecule has 0 aliphatic carbocycles. The molecule has 0 amide bonds. The fourth-order valence-electron chi connectivity index (χ4n) is 3.14. The van der Waals surface area contributed by atoms with Crippen LogP contribution in [0, 0.1) is 6.92 Å². The van der Waals surface area contributed by atoms with Crippen LogP contribution in [-0.2, 0) is 19.7 Å². The van der Waals surface area contributed by atoms with Crippen molar-refractivity contribution in [2.75, 3.05) is 13.7 Å². The maximum absolute atomic E-state index is 6.56. The molecule has 0 heterocycles. The first kappa shape index (κ1) is 22.0. The number of ether oxygens (including phenoxy) is 3. The number of aryl methyl sites for hydroxylation is 1. The molecule has 0 spiro atoms. The summed E-state index contributed by atoms with van der Waals surface area (Å²) in [7, 11) is 1.67. The van der Waals surface area contributed by atoms with E-state index in [1.165, 1.54) is 11.1 Å². The number of hydrogen-bond donors (Lipinski definition) is 1. The van der Waals surface area contributed by atoms with Crippen LogP contribution in [0.4, 0.5) is 0 Å². The molecule has 0 radical (unpaired) electrons. The summed E-state index contributed by atoms with van der Waals surface area (Å²) in [6.45, 7) is 6.43. The Morgan fingerprint density at radius 1 is 0.900 bits per heavy atom. The van der Waals surface area contributed by atoms with Crippen molar-refractivity contribution in [3.63, 3.8) is 0 Å². The minimum atomic E-state index is 0.446. The summed E-state index contributed by atoms with van der Waals surface area (Å²) in [5.41, 5.74) is 4.54. The van der Waals surface area contributed by atoms with Gasteiger partial charge in [0.05, 0.1) is 18.7 Å². The molecule has 0 fully saturated rings. The van der Waals surface area contributed by atoms with E-state index >= 15 is 0 Å². The summed E-state index contributed by atoms with van der Waals surface area (Å²) >= 11 is 6.56. The number of benzene rings is 3. The van der Waals surface area contributed by atoms with Crippen molar-refractivity contribution in [2.45, 2.75) is 33.5 Å². The third kappa shape index (κ3) is 5.91. The summed E-state index contributed by atoms with van der Waals surface area (Å²) in [5, 5.41) is 3.99. The lowest BCUT2D eigenvalue weighted by atomic mass is 10.1. The first-order chi connectivity index (χ1) is 14.6. The molecule has 30 heavy (non-hydrogen) atoms. The fraction of sp³-hybridized carbons (Fsp3) is 0.280. The van der Waals surface area contributed by atoms with Crippen molar-refractivity contribution >= 4 is 11.6 Å². The zero-order chi connectivity index (χ0) is 21.3. The molecule has 5 heteroatoms. The van der Waals surface area contributed by atoms with E-state index in [-0.39, 0.29) is 0 Å². The molecular weight excluding hydrogens is 398 g/mol. The van der Waals surface area contributed by atoms with Gasteiger partial charge in [-0.25, -0.2) is 0 Å². The molecule has 158 valence electrons. The molecule has 0 aliphatic heterocycles. The maximum atomic E-state index is 6.56. The van der Waals surface area contributed by atoms with E-state index in [9.17, 15) is 0 Å². The predicted molar refractivity (Wildman–Crippen MR) is 122 cm³/mol. The highest BCUT2D eigenvalue weighted by Crippen LogP contribution is 2.37. The van der Waals surface area contributed by atoms with Gasteiger partial charge in [0.15, 0.2) is 11.5 Å². The second-order valence-corrected chi connectivity index (χ2v) is 7.41. The first-order valence-electron chi connectivity index (χ1n) is 10.1. The normalized spacial score (nSPS) is 10.7. The van der Waals surface area contributed by atoms with Crippen LogP contribution >= 0.6 is 11.6 Å². The van der Waals surface area contributed by atoms with Gasteiger partial charge >= 0.3 is 0 Å². The van der Waals surface area contributed by atoms with Crippen LogP contribution in [0.25, 0.3) is 0 Å². The molecular formula is C25H28ClNO3. The standard InChI is InChI=1S/C25H28ClNO3/c1-4-29-24-14-20(16-27-15-19-9-11-22(28-3)12-10-19)13-23(26)25(24)30-17-21-8-6-5-7-18(21)2/h5-14,27H,4,15-17H2,1-3H3. The highest BCUT2D eigenvalue weighted by Gasteiger charge is 2.13. The van der Waals surface area contributed by atoms with Crippen molar-refractivity contribution in [1.29, 1.82) is 0 Å². The van der Waals surface area contributed by atoms with Crippen molar-refractivity contribution in [3.05, 3.63) is 87.9 Å². The van der Waals surface area contributed by atoms with Gasteiger partial charge in [-0.15, -0.1) is 0 Å². The quantitative estimate of drug-likeness (QED) is 0.437. The van der Waals surface area contributed by atoms with Gasteiger partial charge in [0.2, 0.25) is 0 Å². The molecule has 0 saturated carbocycles. The molecule has 4 nitrogen and oxygen atoms in total. The predicted octanol–water partition coefficient (Wildman–Crippen LogP) is 5.92. The van der Waals surface area contributed by atoms with E-state index in [1.54, 1.807) is 7.11 Å². The molecule has 0 atom stereocenters. The monoisotopic (exact) mass is 425 g/mol. The Kier molecular flexibility index (Phi) is 8.00.